The number of carbonyl (C=O) groups excluding carboxylic acids is 2. The van der Waals surface area contributed by atoms with Gasteiger partial charge in [-0.2, -0.15) is 5.10 Å². The van der Waals surface area contributed by atoms with Gasteiger partial charge in [-0.3, -0.25) is 14.7 Å². The zero-order valence-electron chi connectivity index (χ0n) is 13.2. The van der Waals surface area contributed by atoms with E-state index in [9.17, 15) is 9.59 Å². The lowest BCUT2D eigenvalue weighted by molar-refractivity contribution is -0.129. The van der Waals surface area contributed by atoms with Crippen molar-refractivity contribution in [3.8, 4) is 11.3 Å². The predicted molar refractivity (Wildman–Crippen MR) is 94.4 cm³/mol. The zero-order valence-corrected chi connectivity index (χ0v) is 14.8. The first-order valence-corrected chi connectivity index (χ1v) is 8.28. The van der Waals surface area contributed by atoms with E-state index in [1.165, 1.54) is 6.08 Å². The van der Waals surface area contributed by atoms with Crippen LogP contribution in [0.15, 0.2) is 47.5 Å². The first kappa shape index (κ1) is 16.4. The van der Waals surface area contributed by atoms with Gasteiger partial charge < -0.3 is 9.80 Å². The number of likely N-dealkylation sites (tertiary alicyclic amines) is 1. The van der Waals surface area contributed by atoms with Crippen molar-refractivity contribution in [2.75, 3.05) is 20.1 Å². The largest absolute Gasteiger partial charge is 0.336 e. The molecule has 0 aliphatic carbocycles. The van der Waals surface area contributed by atoms with E-state index >= 15 is 0 Å². The number of aromatic amines is 1. The average Bonchev–Trinajstić information content (AvgIpc) is 3.03. The van der Waals surface area contributed by atoms with Crippen LogP contribution >= 0.6 is 15.9 Å². The Hall–Kier alpha value is -2.41. The Bertz CT molecular complexity index is 778. The molecular weight excluding hydrogens is 372 g/mol. The summed E-state index contributed by atoms with van der Waals surface area (Å²) in [4.78, 5) is 27.3. The van der Waals surface area contributed by atoms with Crippen molar-refractivity contribution < 1.29 is 9.59 Å². The van der Waals surface area contributed by atoms with Gasteiger partial charge in [0.1, 0.15) is 5.69 Å². The highest BCUT2D eigenvalue weighted by atomic mass is 79.9. The van der Waals surface area contributed by atoms with Crippen molar-refractivity contribution in [1.29, 1.82) is 0 Å². The Morgan fingerprint density at radius 2 is 2.04 bits per heavy atom. The highest BCUT2D eigenvalue weighted by molar-refractivity contribution is 9.10. The summed E-state index contributed by atoms with van der Waals surface area (Å²) >= 11 is 3.39. The molecule has 3 rings (SSSR count). The molecule has 0 unspecified atom stereocenters. The third-order valence-electron chi connectivity index (χ3n) is 4.17. The van der Waals surface area contributed by atoms with E-state index in [2.05, 4.69) is 32.7 Å². The summed E-state index contributed by atoms with van der Waals surface area (Å²) < 4.78 is 0.989. The van der Waals surface area contributed by atoms with Gasteiger partial charge in [-0.15, -0.1) is 0 Å². The molecule has 1 saturated heterocycles. The molecule has 24 heavy (non-hydrogen) atoms. The summed E-state index contributed by atoms with van der Waals surface area (Å²) in [7, 11) is 1.72. The minimum Gasteiger partial charge on any atom is -0.336 e. The quantitative estimate of drug-likeness (QED) is 0.816. The third kappa shape index (κ3) is 3.12. The van der Waals surface area contributed by atoms with Crippen LogP contribution in [0, 0.1) is 0 Å². The van der Waals surface area contributed by atoms with E-state index in [0.29, 0.717) is 18.8 Å². The normalized spacial score (nSPS) is 14.2. The van der Waals surface area contributed by atoms with Gasteiger partial charge in [0.25, 0.3) is 5.91 Å². The number of hydrogen-bond donors (Lipinski definition) is 1. The second-order valence-electron chi connectivity index (χ2n) is 5.69. The first-order valence-electron chi connectivity index (χ1n) is 7.49. The van der Waals surface area contributed by atoms with Crippen LogP contribution in [0.5, 0.6) is 0 Å². The van der Waals surface area contributed by atoms with Gasteiger partial charge in [0, 0.05) is 30.2 Å². The Kier molecular flexibility index (Phi) is 4.53. The van der Waals surface area contributed by atoms with Gasteiger partial charge in [-0.25, -0.2) is 0 Å². The number of carbonyl (C=O) groups is 2. The lowest BCUT2D eigenvalue weighted by Gasteiger charge is -2.43. The fraction of sp³-hybridized carbons (Fsp3) is 0.235. The number of hydrogen-bond acceptors (Lipinski definition) is 3. The Morgan fingerprint density at radius 3 is 2.67 bits per heavy atom. The molecule has 0 spiro atoms. The standard InChI is InChI=1S/C17H17BrN4O2/c1-3-16(23)21(2)13-9-22(10-13)17(24)15-8-14(19-20-15)11-4-6-12(18)7-5-11/h3-8,13H,1,9-10H2,2H3,(H,19,20). The third-order valence-corrected chi connectivity index (χ3v) is 4.70. The lowest BCUT2D eigenvalue weighted by Crippen LogP contribution is -2.61. The van der Waals surface area contributed by atoms with Crippen LogP contribution in [0.2, 0.25) is 0 Å². The number of nitrogens with one attached hydrogen (secondary N) is 1. The Balaban J connectivity index is 1.64. The van der Waals surface area contributed by atoms with Crippen molar-refractivity contribution in [2.45, 2.75) is 6.04 Å². The van der Waals surface area contributed by atoms with E-state index in [0.717, 1.165) is 15.7 Å². The Morgan fingerprint density at radius 1 is 1.38 bits per heavy atom. The topological polar surface area (TPSA) is 69.3 Å². The molecule has 1 fully saturated rings. The van der Waals surface area contributed by atoms with Gasteiger partial charge in [0.05, 0.1) is 11.7 Å². The maximum atomic E-state index is 12.5. The van der Waals surface area contributed by atoms with Crippen LogP contribution < -0.4 is 0 Å². The maximum Gasteiger partial charge on any atom is 0.272 e. The van der Waals surface area contributed by atoms with Gasteiger partial charge in [-0.1, -0.05) is 34.6 Å². The number of nitrogens with zero attached hydrogens (tertiary/aromatic N) is 3. The fourth-order valence-electron chi connectivity index (χ4n) is 2.56. The van der Waals surface area contributed by atoms with Crippen molar-refractivity contribution in [2.24, 2.45) is 0 Å². The molecule has 1 aromatic carbocycles. The molecular formula is C17H17BrN4O2. The van der Waals surface area contributed by atoms with Crippen LogP contribution in [-0.2, 0) is 4.79 Å². The fourth-order valence-corrected chi connectivity index (χ4v) is 2.82. The van der Waals surface area contributed by atoms with Crippen LogP contribution in [-0.4, -0.2) is 58.0 Å². The number of halogens is 1. The second kappa shape index (κ2) is 6.60. The lowest BCUT2D eigenvalue weighted by atomic mass is 10.1. The number of likely N-dealkylation sites (N-methyl/N-ethyl adjacent to an activating group) is 1. The van der Waals surface area contributed by atoms with Crippen molar-refractivity contribution in [1.82, 2.24) is 20.0 Å². The molecule has 2 heterocycles. The molecule has 1 aliphatic rings. The van der Waals surface area contributed by atoms with E-state index in [-0.39, 0.29) is 17.9 Å². The van der Waals surface area contributed by atoms with Crippen LogP contribution in [0.4, 0.5) is 0 Å². The minimum absolute atomic E-state index is 0.0355. The highest BCUT2D eigenvalue weighted by Crippen LogP contribution is 2.22. The summed E-state index contributed by atoms with van der Waals surface area (Å²) in [5.74, 6) is -0.243. The number of H-pyrrole nitrogens is 1. The highest BCUT2D eigenvalue weighted by Gasteiger charge is 2.35. The molecule has 1 aliphatic heterocycles. The molecule has 2 aromatic rings. The number of rotatable bonds is 4. The Labute approximate surface area is 148 Å². The molecule has 1 N–H and O–H groups in total. The van der Waals surface area contributed by atoms with Crippen LogP contribution in [0.3, 0.4) is 0 Å². The maximum absolute atomic E-state index is 12.5. The van der Waals surface area contributed by atoms with Crippen molar-refractivity contribution in [3.05, 3.63) is 53.2 Å². The first-order chi connectivity index (χ1) is 11.5. The SMILES string of the molecule is C=CC(=O)N(C)C1CN(C(=O)c2cc(-c3ccc(Br)cc3)n[nH]2)C1. The predicted octanol–water partition coefficient (Wildman–Crippen LogP) is 2.31. The molecule has 0 bridgehead atoms. The number of benzene rings is 1. The molecule has 0 radical (unpaired) electrons. The smallest absolute Gasteiger partial charge is 0.272 e. The van der Waals surface area contributed by atoms with E-state index in [1.54, 1.807) is 22.9 Å². The van der Waals surface area contributed by atoms with Gasteiger partial charge in [0.2, 0.25) is 5.91 Å². The van der Waals surface area contributed by atoms with Crippen molar-refractivity contribution in [3.63, 3.8) is 0 Å². The van der Waals surface area contributed by atoms with Gasteiger partial charge in [0.15, 0.2) is 0 Å². The molecule has 6 nitrogen and oxygen atoms in total. The van der Waals surface area contributed by atoms with E-state index in [4.69, 9.17) is 0 Å². The van der Waals surface area contributed by atoms with Crippen molar-refractivity contribution >= 4 is 27.7 Å². The monoisotopic (exact) mass is 388 g/mol. The van der Waals surface area contributed by atoms with Crippen LogP contribution in [0.25, 0.3) is 11.3 Å². The molecule has 7 heteroatoms. The van der Waals surface area contributed by atoms with Gasteiger partial charge in [-0.05, 0) is 24.3 Å². The minimum atomic E-state index is -0.133. The average molecular weight is 389 g/mol. The molecule has 1 aromatic heterocycles. The number of aromatic nitrogens is 2. The van der Waals surface area contributed by atoms with Crippen LogP contribution in [0.1, 0.15) is 10.5 Å². The summed E-state index contributed by atoms with van der Waals surface area (Å²) in [5, 5.41) is 7.00. The molecule has 124 valence electrons. The summed E-state index contributed by atoms with van der Waals surface area (Å²) in [6.45, 7) is 4.50. The van der Waals surface area contributed by atoms with E-state index < -0.39 is 0 Å². The molecule has 0 saturated carbocycles. The molecule has 2 amide bonds. The molecule has 0 atom stereocenters. The summed E-state index contributed by atoms with van der Waals surface area (Å²) in [6, 6.07) is 9.51. The number of amides is 2. The summed E-state index contributed by atoms with van der Waals surface area (Å²) in [5.41, 5.74) is 2.11. The summed E-state index contributed by atoms with van der Waals surface area (Å²) in [6.07, 6.45) is 1.28. The van der Waals surface area contributed by atoms with Gasteiger partial charge >= 0.3 is 0 Å². The van der Waals surface area contributed by atoms with E-state index in [1.807, 2.05) is 24.3 Å². The second-order valence-corrected chi connectivity index (χ2v) is 6.61. The zero-order chi connectivity index (χ0) is 17.3.